The van der Waals surface area contributed by atoms with Crippen molar-refractivity contribution in [2.75, 3.05) is 0 Å². The second kappa shape index (κ2) is 4.44. The van der Waals surface area contributed by atoms with Gasteiger partial charge in [-0.2, -0.15) is 4.99 Å². The first-order valence-electron chi connectivity index (χ1n) is 3.78. The molecule has 0 aromatic heterocycles. The molecule has 0 radical (unpaired) electrons. The maximum Gasteiger partial charge on any atom is 0.235 e. The molecule has 0 saturated carbocycles. The van der Waals surface area contributed by atoms with Crippen LogP contribution in [0.5, 0.6) is 0 Å². The fourth-order valence-electron chi connectivity index (χ4n) is 1.01. The van der Waals surface area contributed by atoms with Gasteiger partial charge < -0.3 is 0 Å². The molecule has 1 aromatic carbocycles. The topological polar surface area (TPSA) is 29.4 Å². The normalized spacial score (nSPS) is 12.0. The highest BCUT2D eigenvalue weighted by molar-refractivity contribution is 9.10. The summed E-state index contributed by atoms with van der Waals surface area (Å²) in [5, 5.41) is 0. The van der Waals surface area contributed by atoms with Crippen molar-refractivity contribution in [2.24, 2.45) is 4.99 Å². The number of aliphatic imine (C=N–C) groups is 1. The number of hydrogen-bond donors (Lipinski definition) is 0. The minimum atomic E-state index is -0.739. The summed E-state index contributed by atoms with van der Waals surface area (Å²) in [5.41, 5.74) is 0.154. The van der Waals surface area contributed by atoms with E-state index >= 15 is 0 Å². The summed E-state index contributed by atoms with van der Waals surface area (Å²) in [7, 11) is 0. The summed E-state index contributed by atoms with van der Waals surface area (Å²) >= 11 is 2.76. The predicted octanol–water partition coefficient (Wildman–Crippen LogP) is 3.12. The highest BCUT2D eigenvalue weighted by Crippen LogP contribution is 2.27. The van der Waals surface area contributed by atoms with Crippen LogP contribution in [0.1, 0.15) is 18.5 Å². The van der Waals surface area contributed by atoms with Gasteiger partial charge in [0.25, 0.3) is 0 Å². The zero-order valence-electron chi connectivity index (χ0n) is 7.22. The van der Waals surface area contributed by atoms with Crippen molar-refractivity contribution < 1.29 is 13.6 Å². The molecule has 0 fully saturated rings. The largest absolute Gasteiger partial charge is 0.235 e. The van der Waals surface area contributed by atoms with E-state index < -0.39 is 17.7 Å². The molecule has 0 spiro atoms. The SMILES string of the molecule is CC(N=C=O)c1ccc(F)c(Br)c1F. The second-order valence-corrected chi connectivity index (χ2v) is 3.45. The molecule has 1 rings (SSSR count). The summed E-state index contributed by atoms with van der Waals surface area (Å²) in [4.78, 5) is 13.3. The lowest BCUT2D eigenvalue weighted by atomic mass is 10.1. The van der Waals surface area contributed by atoms with Crippen molar-refractivity contribution in [1.82, 2.24) is 0 Å². The third-order valence-corrected chi connectivity index (χ3v) is 2.49. The summed E-state index contributed by atoms with van der Waals surface area (Å²) in [5.74, 6) is -1.43. The van der Waals surface area contributed by atoms with Gasteiger partial charge in [0, 0.05) is 5.56 Å². The summed E-state index contributed by atoms with van der Waals surface area (Å²) in [6, 6.07) is 1.70. The molecule has 0 aliphatic rings. The maximum atomic E-state index is 13.4. The lowest BCUT2D eigenvalue weighted by Crippen LogP contribution is -1.97. The van der Waals surface area contributed by atoms with Gasteiger partial charge in [0.05, 0.1) is 10.5 Å². The number of isocyanates is 1. The van der Waals surface area contributed by atoms with Gasteiger partial charge >= 0.3 is 0 Å². The molecule has 74 valence electrons. The first kappa shape index (κ1) is 11.0. The Balaban J connectivity index is 3.23. The zero-order valence-corrected chi connectivity index (χ0v) is 8.81. The van der Waals surface area contributed by atoms with Crippen molar-refractivity contribution in [3.8, 4) is 0 Å². The molecule has 0 N–H and O–H groups in total. The van der Waals surface area contributed by atoms with E-state index in [-0.39, 0.29) is 10.0 Å². The molecule has 0 aliphatic heterocycles. The lowest BCUT2D eigenvalue weighted by molar-refractivity contribution is 0.544. The quantitative estimate of drug-likeness (QED) is 0.457. The molecule has 0 heterocycles. The van der Waals surface area contributed by atoms with Crippen molar-refractivity contribution in [1.29, 1.82) is 0 Å². The number of rotatable bonds is 2. The third kappa shape index (κ3) is 2.05. The average molecular weight is 262 g/mol. The summed E-state index contributed by atoms with van der Waals surface area (Å²) < 4.78 is 25.9. The van der Waals surface area contributed by atoms with Crippen LogP contribution >= 0.6 is 15.9 Å². The maximum absolute atomic E-state index is 13.4. The molecule has 0 aliphatic carbocycles. The van der Waals surface area contributed by atoms with Gasteiger partial charge in [-0.3, -0.25) is 0 Å². The molecule has 0 amide bonds. The van der Waals surface area contributed by atoms with E-state index in [0.717, 1.165) is 6.07 Å². The van der Waals surface area contributed by atoms with E-state index in [1.54, 1.807) is 0 Å². The van der Waals surface area contributed by atoms with Crippen LogP contribution in [-0.2, 0) is 4.79 Å². The fraction of sp³-hybridized carbons (Fsp3) is 0.222. The first-order chi connectivity index (χ1) is 6.57. The minimum Gasteiger partial charge on any atom is -0.211 e. The summed E-state index contributed by atoms with van der Waals surface area (Å²) in [6.07, 6.45) is 1.33. The fourth-order valence-corrected chi connectivity index (χ4v) is 1.37. The Labute approximate surface area is 87.8 Å². The van der Waals surface area contributed by atoms with Crippen LogP contribution in [0, 0.1) is 11.6 Å². The Bertz CT molecular complexity index is 402. The van der Waals surface area contributed by atoms with Crippen LogP contribution < -0.4 is 0 Å². The van der Waals surface area contributed by atoms with Crippen LogP contribution in [0.4, 0.5) is 8.78 Å². The Hall–Kier alpha value is -1.06. The van der Waals surface area contributed by atoms with Crippen molar-refractivity contribution >= 4 is 22.0 Å². The minimum absolute atomic E-state index is 0.154. The molecule has 0 bridgehead atoms. The molecule has 1 atom stereocenters. The van der Waals surface area contributed by atoms with Gasteiger partial charge in [-0.25, -0.2) is 13.6 Å². The Morgan fingerprint density at radius 2 is 2.14 bits per heavy atom. The highest BCUT2D eigenvalue weighted by Gasteiger charge is 2.15. The highest BCUT2D eigenvalue weighted by atomic mass is 79.9. The Morgan fingerprint density at radius 3 is 2.71 bits per heavy atom. The molecular formula is C9H6BrF2NO. The molecule has 14 heavy (non-hydrogen) atoms. The van der Waals surface area contributed by atoms with Crippen LogP contribution in [0.2, 0.25) is 0 Å². The third-order valence-electron chi connectivity index (χ3n) is 1.76. The molecule has 0 saturated heterocycles. The standard InChI is InChI=1S/C9H6BrF2NO/c1-5(13-4-14)6-2-3-7(11)8(10)9(6)12/h2-3,5H,1H3. The van der Waals surface area contributed by atoms with Crippen molar-refractivity contribution in [3.05, 3.63) is 33.8 Å². The van der Waals surface area contributed by atoms with E-state index in [1.807, 2.05) is 0 Å². The number of benzene rings is 1. The van der Waals surface area contributed by atoms with E-state index in [1.165, 1.54) is 19.1 Å². The Kier molecular flexibility index (Phi) is 3.49. The second-order valence-electron chi connectivity index (χ2n) is 2.66. The van der Waals surface area contributed by atoms with Crippen LogP contribution in [0.15, 0.2) is 21.6 Å². The molecular weight excluding hydrogens is 256 g/mol. The van der Waals surface area contributed by atoms with Crippen LogP contribution in [-0.4, -0.2) is 6.08 Å². The predicted molar refractivity (Wildman–Crippen MR) is 50.6 cm³/mol. The first-order valence-corrected chi connectivity index (χ1v) is 4.57. The molecule has 2 nitrogen and oxygen atoms in total. The summed E-state index contributed by atoms with van der Waals surface area (Å²) in [6.45, 7) is 1.52. The van der Waals surface area contributed by atoms with E-state index in [9.17, 15) is 13.6 Å². The lowest BCUT2D eigenvalue weighted by Gasteiger charge is -2.07. The monoisotopic (exact) mass is 261 g/mol. The van der Waals surface area contributed by atoms with Crippen LogP contribution in [0.3, 0.4) is 0 Å². The number of halogens is 3. The van der Waals surface area contributed by atoms with Gasteiger partial charge in [0.1, 0.15) is 11.6 Å². The van der Waals surface area contributed by atoms with Gasteiger partial charge in [-0.1, -0.05) is 6.07 Å². The van der Waals surface area contributed by atoms with Gasteiger partial charge in [0.15, 0.2) is 0 Å². The average Bonchev–Trinajstić information content (AvgIpc) is 2.15. The van der Waals surface area contributed by atoms with Gasteiger partial charge in [-0.15, -0.1) is 0 Å². The number of nitrogens with zero attached hydrogens (tertiary/aromatic N) is 1. The molecule has 1 aromatic rings. The van der Waals surface area contributed by atoms with Crippen molar-refractivity contribution in [3.63, 3.8) is 0 Å². The smallest absolute Gasteiger partial charge is 0.211 e. The van der Waals surface area contributed by atoms with E-state index in [2.05, 4.69) is 20.9 Å². The van der Waals surface area contributed by atoms with E-state index in [4.69, 9.17) is 0 Å². The zero-order chi connectivity index (χ0) is 10.7. The number of hydrogen-bond acceptors (Lipinski definition) is 2. The molecule has 1 unspecified atom stereocenters. The Morgan fingerprint density at radius 1 is 1.50 bits per heavy atom. The van der Waals surface area contributed by atoms with Crippen molar-refractivity contribution in [2.45, 2.75) is 13.0 Å². The number of carbonyl (C=O) groups excluding carboxylic acids is 1. The van der Waals surface area contributed by atoms with Gasteiger partial charge in [0.2, 0.25) is 6.08 Å². The van der Waals surface area contributed by atoms with Crippen LogP contribution in [0.25, 0.3) is 0 Å². The van der Waals surface area contributed by atoms with Gasteiger partial charge in [-0.05, 0) is 28.9 Å². The molecule has 5 heteroatoms. The van der Waals surface area contributed by atoms with E-state index in [0.29, 0.717) is 0 Å².